The fourth-order valence-corrected chi connectivity index (χ4v) is 5.04. The highest BCUT2D eigenvalue weighted by Gasteiger charge is 2.27. The molecular formula is C24H35N5O. The fraction of sp³-hybridized carbons (Fsp3) is 0.542. The number of nitrogens with two attached hydrogens (primary N) is 2. The Morgan fingerprint density at radius 2 is 1.70 bits per heavy atom. The lowest BCUT2D eigenvalue weighted by molar-refractivity contribution is 0.100. The standard InChI is InChI=1S/C24H35N5O/c25-19-13-7-8-14-20(19)28-21-16-29(15-17-9-3-1-4-10-17)24(22(21)23(26)30)27-18-11-5-2-6-12-18/h2,5-6,11-12,16-17,19-20,27-28H,1,3-4,7-10,13-15,25H2,(H2,26,30)/t19-,20+/m1/s1. The summed E-state index contributed by atoms with van der Waals surface area (Å²) in [6, 6.07) is 10.2. The summed E-state index contributed by atoms with van der Waals surface area (Å²) >= 11 is 0. The lowest BCUT2D eigenvalue weighted by Crippen LogP contribution is -2.42. The topological polar surface area (TPSA) is 98.1 Å². The Labute approximate surface area is 179 Å². The molecule has 0 unspecified atom stereocenters. The van der Waals surface area contributed by atoms with Crippen molar-refractivity contribution in [1.29, 1.82) is 0 Å². The van der Waals surface area contributed by atoms with Gasteiger partial charge in [0.2, 0.25) is 0 Å². The third-order valence-corrected chi connectivity index (χ3v) is 6.70. The maximum atomic E-state index is 12.6. The van der Waals surface area contributed by atoms with E-state index in [9.17, 15) is 4.79 Å². The monoisotopic (exact) mass is 409 g/mol. The molecule has 1 amide bonds. The zero-order valence-electron chi connectivity index (χ0n) is 17.8. The molecule has 2 saturated carbocycles. The minimum absolute atomic E-state index is 0.103. The van der Waals surface area contributed by atoms with Gasteiger partial charge in [0.1, 0.15) is 11.4 Å². The maximum Gasteiger partial charge on any atom is 0.254 e. The molecule has 1 aromatic heterocycles. The van der Waals surface area contributed by atoms with Gasteiger partial charge in [-0.3, -0.25) is 4.79 Å². The average molecular weight is 410 g/mol. The van der Waals surface area contributed by atoms with E-state index in [0.717, 1.165) is 43.0 Å². The largest absolute Gasteiger partial charge is 0.379 e. The second-order valence-electron chi connectivity index (χ2n) is 8.98. The van der Waals surface area contributed by atoms with Gasteiger partial charge in [-0.05, 0) is 43.7 Å². The van der Waals surface area contributed by atoms with Gasteiger partial charge in [0.05, 0.1) is 5.69 Å². The summed E-state index contributed by atoms with van der Waals surface area (Å²) in [5.41, 5.74) is 14.5. The summed E-state index contributed by atoms with van der Waals surface area (Å²) in [5.74, 6) is 1.00. The quantitative estimate of drug-likeness (QED) is 0.537. The second kappa shape index (κ2) is 9.56. The van der Waals surface area contributed by atoms with Crippen LogP contribution in [0.4, 0.5) is 17.2 Å². The Bertz CT molecular complexity index is 841. The molecule has 0 bridgehead atoms. The zero-order chi connectivity index (χ0) is 20.9. The second-order valence-corrected chi connectivity index (χ2v) is 8.98. The first-order valence-electron chi connectivity index (χ1n) is 11.5. The number of benzene rings is 1. The van der Waals surface area contributed by atoms with Crippen LogP contribution in [0.3, 0.4) is 0 Å². The molecule has 30 heavy (non-hydrogen) atoms. The number of aromatic nitrogens is 1. The van der Waals surface area contributed by atoms with Crippen LogP contribution in [0.25, 0.3) is 0 Å². The van der Waals surface area contributed by atoms with Crippen LogP contribution in [0.1, 0.15) is 68.1 Å². The number of hydrogen-bond donors (Lipinski definition) is 4. The van der Waals surface area contributed by atoms with Gasteiger partial charge in [0, 0.05) is 30.5 Å². The van der Waals surface area contributed by atoms with Gasteiger partial charge in [-0.15, -0.1) is 0 Å². The summed E-state index contributed by atoms with van der Waals surface area (Å²) in [6.07, 6.45) is 12.8. The maximum absolute atomic E-state index is 12.6. The molecule has 2 aliphatic rings. The number of primary amides is 1. The molecule has 4 rings (SSSR count). The van der Waals surface area contributed by atoms with E-state index in [4.69, 9.17) is 11.5 Å². The normalized spacial score (nSPS) is 22.6. The molecule has 6 nitrogen and oxygen atoms in total. The molecule has 6 N–H and O–H groups in total. The number of hydrogen-bond acceptors (Lipinski definition) is 4. The molecule has 0 radical (unpaired) electrons. The summed E-state index contributed by atoms with van der Waals surface area (Å²) in [5, 5.41) is 7.05. The number of anilines is 3. The Balaban J connectivity index is 1.67. The minimum Gasteiger partial charge on any atom is -0.379 e. The molecule has 162 valence electrons. The van der Waals surface area contributed by atoms with Crippen molar-refractivity contribution in [3.05, 3.63) is 42.1 Å². The van der Waals surface area contributed by atoms with Crippen molar-refractivity contribution in [2.75, 3.05) is 10.6 Å². The van der Waals surface area contributed by atoms with E-state index < -0.39 is 5.91 Å². The highest BCUT2D eigenvalue weighted by Crippen LogP contribution is 2.34. The highest BCUT2D eigenvalue weighted by atomic mass is 16.1. The van der Waals surface area contributed by atoms with Crippen molar-refractivity contribution in [3.8, 4) is 0 Å². The van der Waals surface area contributed by atoms with E-state index in [1.165, 1.54) is 38.5 Å². The molecule has 1 heterocycles. The van der Waals surface area contributed by atoms with Crippen molar-refractivity contribution < 1.29 is 4.79 Å². The first kappa shape index (κ1) is 20.8. The first-order chi connectivity index (χ1) is 14.6. The predicted octanol–water partition coefficient (Wildman–Crippen LogP) is 4.59. The molecule has 0 spiro atoms. The fourth-order valence-electron chi connectivity index (χ4n) is 5.04. The Hall–Kier alpha value is -2.47. The van der Waals surface area contributed by atoms with Crippen molar-refractivity contribution in [3.63, 3.8) is 0 Å². The van der Waals surface area contributed by atoms with Crippen LogP contribution in [0.2, 0.25) is 0 Å². The van der Waals surface area contributed by atoms with Gasteiger partial charge in [0.15, 0.2) is 0 Å². The number of carbonyl (C=O) groups excluding carboxylic acids is 1. The Morgan fingerprint density at radius 1 is 1.00 bits per heavy atom. The third kappa shape index (κ3) is 4.81. The van der Waals surface area contributed by atoms with Crippen LogP contribution >= 0.6 is 0 Å². The van der Waals surface area contributed by atoms with Gasteiger partial charge in [-0.2, -0.15) is 0 Å². The predicted molar refractivity (Wildman–Crippen MR) is 123 cm³/mol. The summed E-state index contributed by atoms with van der Waals surface area (Å²) in [6.45, 7) is 0.897. The van der Waals surface area contributed by atoms with Crippen LogP contribution in [0, 0.1) is 5.92 Å². The van der Waals surface area contributed by atoms with Gasteiger partial charge in [-0.25, -0.2) is 0 Å². The molecule has 2 aliphatic carbocycles. The molecule has 6 heteroatoms. The van der Waals surface area contributed by atoms with Crippen LogP contribution in [0.5, 0.6) is 0 Å². The average Bonchev–Trinajstić information content (AvgIpc) is 3.08. The highest BCUT2D eigenvalue weighted by molar-refractivity contribution is 6.04. The lowest BCUT2D eigenvalue weighted by Gasteiger charge is -2.30. The van der Waals surface area contributed by atoms with Gasteiger partial charge in [0.25, 0.3) is 5.91 Å². The number of nitrogens with zero attached hydrogens (tertiary/aromatic N) is 1. The van der Waals surface area contributed by atoms with E-state index in [1.54, 1.807) is 0 Å². The van der Waals surface area contributed by atoms with E-state index in [2.05, 4.69) is 21.4 Å². The van der Waals surface area contributed by atoms with Gasteiger partial charge >= 0.3 is 0 Å². The lowest BCUT2D eigenvalue weighted by atomic mass is 9.89. The SMILES string of the molecule is NC(=O)c1c(N[C@H]2CCCC[C@H]2N)cn(CC2CCCCC2)c1Nc1ccccc1. The van der Waals surface area contributed by atoms with Gasteiger partial charge < -0.3 is 26.7 Å². The Kier molecular flexibility index (Phi) is 6.62. The summed E-state index contributed by atoms with van der Waals surface area (Å²) < 4.78 is 2.19. The summed E-state index contributed by atoms with van der Waals surface area (Å²) in [7, 11) is 0. The van der Waals surface area contributed by atoms with E-state index in [-0.39, 0.29) is 12.1 Å². The summed E-state index contributed by atoms with van der Waals surface area (Å²) in [4.78, 5) is 12.6. The van der Waals surface area contributed by atoms with Crippen molar-refractivity contribution >= 4 is 23.1 Å². The molecule has 0 saturated heterocycles. The van der Waals surface area contributed by atoms with Crippen molar-refractivity contribution in [1.82, 2.24) is 4.57 Å². The van der Waals surface area contributed by atoms with Crippen LogP contribution < -0.4 is 22.1 Å². The third-order valence-electron chi connectivity index (χ3n) is 6.70. The van der Waals surface area contributed by atoms with Crippen molar-refractivity contribution in [2.24, 2.45) is 17.4 Å². The molecule has 0 aliphatic heterocycles. The number of para-hydroxylation sites is 1. The molecular weight excluding hydrogens is 374 g/mol. The van der Waals surface area contributed by atoms with E-state index >= 15 is 0 Å². The first-order valence-corrected chi connectivity index (χ1v) is 11.5. The molecule has 2 aromatic rings. The minimum atomic E-state index is -0.414. The van der Waals surface area contributed by atoms with Gasteiger partial charge in [-0.1, -0.05) is 50.3 Å². The zero-order valence-corrected chi connectivity index (χ0v) is 17.8. The number of amides is 1. The number of carbonyl (C=O) groups is 1. The molecule has 1 aromatic carbocycles. The smallest absolute Gasteiger partial charge is 0.254 e. The van der Waals surface area contributed by atoms with Crippen LogP contribution in [-0.2, 0) is 6.54 Å². The number of nitrogens with one attached hydrogen (secondary N) is 2. The van der Waals surface area contributed by atoms with E-state index in [1.807, 2.05) is 30.3 Å². The van der Waals surface area contributed by atoms with Crippen molar-refractivity contribution in [2.45, 2.75) is 76.4 Å². The molecule has 2 atom stereocenters. The van der Waals surface area contributed by atoms with Crippen LogP contribution in [-0.4, -0.2) is 22.6 Å². The van der Waals surface area contributed by atoms with Crippen LogP contribution in [0.15, 0.2) is 36.5 Å². The molecule has 2 fully saturated rings. The van der Waals surface area contributed by atoms with E-state index in [0.29, 0.717) is 11.5 Å². The number of rotatable bonds is 7. The Morgan fingerprint density at radius 3 is 2.40 bits per heavy atom.